The highest BCUT2D eigenvalue weighted by molar-refractivity contribution is 7.94. The van der Waals surface area contributed by atoms with Crippen LogP contribution in [-0.4, -0.2) is 37.5 Å². The highest BCUT2D eigenvalue weighted by atomic mass is 35.5. The normalized spacial score (nSPS) is 15.3. The molecule has 1 N–H and O–H groups in total. The summed E-state index contributed by atoms with van der Waals surface area (Å²) in [5, 5.41) is 2.51. The van der Waals surface area contributed by atoms with Gasteiger partial charge >= 0.3 is 0 Å². The van der Waals surface area contributed by atoms with Crippen molar-refractivity contribution in [3.63, 3.8) is 0 Å². The first-order valence-electron chi connectivity index (χ1n) is 10.4. The number of aromatic nitrogens is 1. The number of thiophene rings is 1. The van der Waals surface area contributed by atoms with Gasteiger partial charge in [0.15, 0.2) is 0 Å². The second-order valence-corrected chi connectivity index (χ2v) is 11.5. The van der Waals surface area contributed by atoms with Gasteiger partial charge in [-0.1, -0.05) is 11.6 Å². The zero-order valence-electron chi connectivity index (χ0n) is 17.3. The SMILES string of the molecule is Cc1c(S(=O)(=O)Nc2ccc3c(ccn3CCN3CCCC3)c2)sc2ccc(Cl)cc12. The van der Waals surface area contributed by atoms with Crippen LogP contribution in [0.15, 0.2) is 52.9 Å². The van der Waals surface area contributed by atoms with Gasteiger partial charge in [0.05, 0.1) is 0 Å². The van der Waals surface area contributed by atoms with Gasteiger partial charge in [0, 0.05) is 45.6 Å². The predicted molar refractivity (Wildman–Crippen MR) is 130 cm³/mol. The minimum absolute atomic E-state index is 0.327. The third-order valence-electron chi connectivity index (χ3n) is 5.98. The molecule has 4 aromatic rings. The average Bonchev–Trinajstić information content (AvgIpc) is 3.46. The molecule has 8 heteroatoms. The topological polar surface area (TPSA) is 54.3 Å². The monoisotopic (exact) mass is 473 g/mol. The average molecular weight is 474 g/mol. The van der Waals surface area contributed by atoms with Crippen LogP contribution in [-0.2, 0) is 16.6 Å². The van der Waals surface area contributed by atoms with Crippen LogP contribution in [0.25, 0.3) is 21.0 Å². The quantitative estimate of drug-likeness (QED) is 0.390. The lowest BCUT2D eigenvalue weighted by Crippen LogP contribution is -2.23. The van der Waals surface area contributed by atoms with Gasteiger partial charge in [0.25, 0.3) is 10.0 Å². The van der Waals surface area contributed by atoms with Crippen LogP contribution in [0.5, 0.6) is 0 Å². The van der Waals surface area contributed by atoms with E-state index in [4.69, 9.17) is 11.6 Å². The molecule has 1 aliphatic rings. The van der Waals surface area contributed by atoms with Crippen molar-refractivity contribution in [3.05, 3.63) is 59.2 Å². The molecule has 2 aromatic heterocycles. The van der Waals surface area contributed by atoms with Gasteiger partial charge in [0.2, 0.25) is 0 Å². The Labute approximate surface area is 191 Å². The van der Waals surface area contributed by atoms with Crippen molar-refractivity contribution in [1.29, 1.82) is 0 Å². The minimum Gasteiger partial charge on any atom is -0.346 e. The zero-order valence-corrected chi connectivity index (χ0v) is 19.7. The second kappa shape index (κ2) is 8.13. The largest absolute Gasteiger partial charge is 0.346 e. The third-order valence-corrected chi connectivity index (χ3v) is 9.49. The minimum atomic E-state index is -3.69. The molecule has 5 rings (SSSR count). The fraction of sp³-hybridized carbons (Fsp3) is 0.304. The molecule has 5 nitrogen and oxygen atoms in total. The molecule has 0 unspecified atom stereocenters. The number of halogens is 1. The van der Waals surface area contributed by atoms with E-state index in [1.54, 1.807) is 6.07 Å². The smallest absolute Gasteiger partial charge is 0.271 e. The van der Waals surface area contributed by atoms with Crippen molar-refractivity contribution >= 4 is 59.6 Å². The van der Waals surface area contributed by atoms with Gasteiger partial charge in [-0.15, -0.1) is 11.3 Å². The molecule has 0 amide bonds. The van der Waals surface area contributed by atoms with Crippen LogP contribution >= 0.6 is 22.9 Å². The highest BCUT2D eigenvalue weighted by Gasteiger charge is 2.22. The van der Waals surface area contributed by atoms with Crippen LogP contribution in [0, 0.1) is 6.92 Å². The Kier molecular flexibility index (Phi) is 5.46. The number of anilines is 1. The Morgan fingerprint density at radius 3 is 2.68 bits per heavy atom. The summed E-state index contributed by atoms with van der Waals surface area (Å²) >= 11 is 7.36. The molecule has 3 heterocycles. The molecule has 2 aromatic carbocycles. The number of hydrogen-bond donors (Lipinski definition) is 1. The highest BCUT2D eigenvalue weighted by Crippen LogP contribution is 2.36. The molecule has 0 bridgehead atoms. The van der Waals surface area contributed by atoms with Crippen LogP contribution < -0.4 is 4.72 Å². The zero-order chi connectivity index (χ0) is 21.6. The summed E-state index contributed by atoms with van der Waals surface area (Å²) in [4.78, 5) is 2.49. The van der Waals surface area contributed by atoms with Crippen molar-refractivity contribution in [2.45, 2.75) is 30.5 Å². The summed E-state index contributed by atoms with van der Waals surface area (Å²) in [6, 6.07) is 13.2. The van der Waals surface area contributed by atoms with E-state index in [1.807, 2.05) is 43.3 Å². The van der Waals surface area contributed by atoms with Crippen molar-refractivity contribution in [2.24, 2.45) is 0 Å². The first-order valence-corrected chi connectivity index (χ1v) is 13.1. The summed E-state index contributed by atoms with van der Waals surface area (Å²) < 4.78 is 32.5. The Morgan fingerprint density at radius 2 is 1.87 bits per heavy atom. The second-order valence-electron chi connectivity index (χ2n) is 8.09. The summed E-state index contributed by atoms with van der Waals surface area (Å²) in [5.74, 6) is 0. The van der Waals surface area contributed by atoms with E-state index >= 15 is 0 Å². The van der Waals surface area contributed by atoms with Crippen molar-refractivity contribution in [2.75, 3.05) is 24.4 Å². The predicted octanol–water partition coefficient (Wildman–Crippen LogP) is 5.71. The molecule has 1 fully saturated rings. The molecule has 162 valence electrons. The van der Waals surface area contributed by atoms with E-state index in [1.165, 1.54) is 37.3 Å². The van der Waals surface area contributed by atoms with Crippen LogP contribution in [0.2, 0.25) is 5.02 Å². The summed E-state index contributed by atoms with van der Waals surface area (Å²) in [6.45, 7) is 6.20. The number of nitrogens with zero attached hydrogens (tertiary/aromatic N) is 2. The number of aryl methyl sites for hydroxylation is 1. The number of hydrogen-bond acceptors (Lipinski definition) is 4. The number of fused-ring (bicyclic) bond motifs is 2. The van der Waals surface area contributed by atoms with Crippen molar-refractivity contribution in [1.82, 2.24) is 9.47 Å². The lowest BCUT2D eigenvalue weighted by Gasteiger charge is -2.15. The number of likely N-dealkylation sites (tertiary alicyclic amines) is 1. The molecule has 0 radical (unpaired) electrons. The van der Waals surface area contributed by atoms with E-state index in [-0.39, 0.29) is 0 Å². The Morgan fingerprint density at radius 1 is 1.06 bits per heavy atom. The van der Waals surface area contributed by atoms with Crippen LogP contribution in [0.1, 0.15) is 18.4 Å². The van der Waals surface area contributed by atoms with Crippen molar-refractivity contribution < 1.29 is 8.42 Å². The molecule has 0 saturated carbocycles. The molecule has 0 spiro atoms. The van der Waals surface area contributed by atoms with Gasteiger partial charge < -0.3 is 9.47 Å². The van der Waals surface area contributed by atoms with E-state index in [9.17, 15) is 8.42 Å². The maximum Gasteiger partial charge on any atom is 0.271 e. The first kappa shape index (κ1) is 20.8. The fourth-order valence-electron chi connectivity index (χ4n) is 4.34. The Balaban J connectivity index is 1.39. The molecular weight excluding hydrogens is 450 g/mol. The van der Waals surface area contributed by atoms with E-state index in [0.717, 1.165) is 39.6 Å². The Bertz CT molecular complexity index is 1370. The van der Waals surface area contributed by atoms with Crippen LogP contribution in [0.3, 0.4) is 0 Å². The van der Waals surface area contributed by atoms with Crippen LogP contribution in [0.4, 0.5) is 5.69 Å². The van der Waals surface area contributed by atoms with Gasteiger partial charge in [0.1, 0.15) is 4.21 Å². The lowest BCUT2D eigenvalue weighted by atomic mass is 10.2. The van der Waals surface area contributed by atoms with Gasteiger partial charge in [-0.25, -0.2) is 8.42 Å². The first-order chi connectivity index (χ1) is 14.9. The number of benzene rings is 2. The van der Waals surface area contributed by atoms with Gasteiger partial charge in [-0.05, 0) is 86.3 Å². The molecule has 1 saturated heterocycles. The lowest BCUT2D eigenvalue weighted by molar-refractivity contribution is 0.324. The van der Waals surface area contributed by atoms with Gasteiger partial charge in [-0.2, -0.15) is 0 Å². The van der Waals surface area contributed by atoms with E-state index in [0.29, 0.717) is 14.9 Å². The van der Waals surface area contributed by atoms with E-state index < -0.39 is 10.0 Å². The maximum absolute atomic E-state index is 13.1. The number of rotatable bonds is 6. The summed E-state index contributed by atoms with van der Waals surface area (Å²) in [5.41, 5.74) is 2.42. The third kappa shape index (κ3) is 4.07. The summed E-state index contributed by atoms with van der Waals surface area (Å²) in [7, 11) is -3.69. The molecule has 0 atom stereocenters. The molecule has 0 aliphatic carbocycles. The number of sulfonamides is 1. The Hall–Kier alpha value is -2.06. The standard InChI is InChI=1S/C23H24ClN3O2S2/c1-16-20-15-18(24)4-7-22(20)30-23(16)31(28,29)25-19-5-6-21-17(14-19)8-11-27(21)13-12-26-9-2-3-10-26/h4-8,11,14-15,25H,2-3,9-10,12-13H2,1H3. The molecule has 1 aliphatic heterocycles. The summed E-state index contributed by atoms with van der Waals surface area (Å²) in [6.07, 6.45) is 4.67. The van der Waals surface area contributed by atoms with E-state index in [2.05, 4.69) is 20.4 Å². The molecular formula is C23H24ClN3O2S2. The van der Waals surface area contributed by atoms with Crippen molar-refractivity contribution in [3.8, 4) is 0 Å². The van der Waals surface area contributed by atoms with Gasteiger partial charge in [-0.3, -0.25) is 4.72 Å². The number of nitrogens with one attached hydrogen (secondary N) is 1. The maximum atomic E-state index is 13.1. The fourth-order valence-corrected chi connectivity index (χ4v) is 7.31. The molecule has 31 heavy (non-hydrogen) atoms.